The standard InChI is InChI=1S/C5H3F2NO2S/c6-4(7)2-1-11-8-3(2)5(9)10/h1,4H,(H,9,10). The van der Waals surface area contributed by atoms with E-state index >= 15 is 0 Å². The number of aromatic nitrogens is 1. The minimum absolute atomic E-state index is 0.512. The summed E-state index contributed by atoms with van der Waals surface area (Å²) in [6, 6.07) is 0. The summed E-state index contributed by atoms with van der Waals surface area (Å²) in [5, 5.41) is 9.35. The van der Waals surface area contributed by atoms with Gasteiger partial charge in [-0.2, -0.15) is 4.37 Å². The van der Waals surface area contributed by atoms with E-state index in [-0.39, 0.29) is 0 Å². The van der Waals surface area contributed by atoms with Gasteiger partial charge in [-0.05, 0) is 11.5 Å². The first kappa shape index (κ1) is 8.06. The first-order valence-electron chi connectivity index (χ1n) is 2.58. The number of aromatic carboxylic acids is 1. The first-order chi connectivity index (χ1) is 5.13. The maximum Gasteiger partial charge on any atom is 0.356 e. The van der Waals surface area contributed by atoms with Crippen molar-refractivity contribution >= 4 is 17.5 Å². The third-order valence-electron chi connectivity index (χ3n) is 1.03. The molecule has 1 N–H and O–H groups in total. The summed E-state index contributed by atoms with van der Waals surface area (Å²) in [6.45, 7) is 0. The fourth-order valence-electron chi connectivity index (χ4n) is 0.562. The molecule has 0 aliphatic rings. The zero-order valence-corrected chi connectivity index (χ0v) is 5.94. The molecule has 0 bridgehead atoms. The average molecular weight is 179 g/mol. The molecule has 0 atom stereocenters. The van der Waals surface area contributed by atoms with Crippen LogP contribution in [0.4, 0.5) is 8.78 Å². The molecule has 0 saturated carbocycles. The van der Waals surface area contributed by atoms with Crippen LogP contribution in [0.1, 0.15) is 22.5 Å². The maximum absolute atomic E-state index is 11.9. The van der Waals surface area contributed by atoms with E-state index in [0.29, 0.717) is 11.5 Å². The highest BCUT2D eigenvalue weighted by Gasteiger charge is 2.20. The number of hydrogen-bond acceptors (Lipinski definition) is 3. The molecule has 0 unspecified atom stereocenters. The number of halogens is 2. The maximum atomic E-state index is 11.9. The zero-order chi connectivity index (χ0) is 8.43. The highest BCUT2D eigenvalue weighted by molar-refractivity contribution is 7.03. The molecule has 0 aliphatic carbocycles. The van der Waals surface area contributed by atoms with E-state index in [1.54, 1.807) is 0 Å². The molecule has 0 amide bonds. The van der Waals surface area contributed by atoms with E-state index in [1.807, 2.05) is 0 Å². The van der Waals surface area contributed by atoms with Crippen LogP contribution in [0.25, 0.3) is 0 Å². The van der Waals surface area contributed by atoms with Crippen molar-refractivity contribution < 1.29 is 18.7 Å². The van der Waals surface area contributed by atoms with E-state index < -0.39 is 23.7 Å². The van der Waals surface area contributed by atoms with Gasteiger partial charge in [-0.3, -0.25) is 0 Å². The highest BCUT2D eigenvalue weighted by atomic mass is 32.1. The highest BCUT2D eigenvalue weighted by Crippen LogP contribution is 2.23. The van der Waals surface area contributed by atoms with Crippen molar-refractivity contribution in [3.05, 3.63) is 16.6 Å². The van der Waals surface area contributed by atoms with Crippen molar-refractivity contribution in [2.75, 3.05) is 0 Å². The van der Waals surface area contributed by atoms with Crippen molar-refractivity contribution in [3.8, 4) is 0 Å². The van der Waals surface area contributed by atoms with E-state index in [9.17, 15) is 13.6 Å². The predicted octanol–water partition coefficient (Wildman–Crippen LogP) is 1.78. The van der Waals surface area contributed by atoms with Crippen molar-refractivity contribution in [1.82, 2.24) is 4.37 Å². The van der Waals surface area contributed by atoms with E-state index in [4.69, 9.17) is 5.11 Å². The predicted molar refractivity (Wildman–Crippen MR) is 34.0 cm³/mol. The fourth-order valence-corrected chi connectivity index (χ4v) is 1.23. The third-order valence-corrected chi connectivity index (χ3v) is 1.68. The molecule has 1 aromatic rings. The van der Waals surface area contributed by atoms with Crippen LogP contribution in [0, 0.1) is 0 Å². The summed E-state index contributed by atoms with van der Waals surface area (Å²) in [7, 11) is 0. The zero-order valence-electron chi connectivity index (χ0n) is 5.12. The lowest BCUT2D eigenvalue weighted by molar-refractivity contribution is 0.0679. The Balaban J connectivity index is 3.06. The van der Waals surface area contributed by atoms with Gasteiger partial charge in [0.15, 0.2) is 5.69 Å². The van der Waals surface area contributed by atoms with Gasteiger partial charge in [-0.1, -0.05) is 0 Å². The molecule has 3 nitrogen and oxygen atoms in total. The van der Waals surface area contributed by atoms with Crippen molar-refractivity contribution in [2.45, 2.75) is 6.43 Å². The summed E-state index contributed by atoms with van der Waals surface area (Å²) >= 11 is 0.712. The summed E-state index contributed by atoms with van der Waals surface area (Å²) in [5.41, 5.74) is -1.06. The van der Waals surface area contributed by atoms with Gasteiger partial charge in [-0.25, -0.2) is 13.6 Å². The van der Waals surface area contributed by atoms with Crippen LogP contribution in [0.5, 0.6) is 0 Å². The first-order valence-corrected chi connectivity index (χ1v) is 3.42. The largest absolute Gasteiger partial charge is 0.476 e. The van der Waals surface area contributed by atoms with Gasteiger partial charge in [0.1, 0.15) is 0 Å². The van der Waals surface area contributed by atoms with Crippen LogP contribution in [-0.4, -0.2) is 15.4 Å². The molecule has 0 aliphatic heterocycles. The van der Waals surface area contributed by atoms with Crippen molar-refractivity contribution in [2.24, 2.45) is 0 Å². The topological polar surface area (TPSA) is 50.2 Å². The number of carbonyl (C=O) groups is 1. The molecule has 1 rings (SSSR count). The van der Waals surface area contributed by atoms with Gasteiger partial charge < -0.3 is 5.11 Å². The summed E-state index contributed by atoms with van der Waals surface area (Å²) in [5.74, 6) is -1.42. The Morgan fingerprint density at radius 3 is 2.73 bits per heavy atom. The van der Waals surface area contributed by atoms with Gasteiger partial charge in [0.2, 0.25) is 0 Å². The number of carboxylic acid groups (broad SMARTS) is 1. The minimum Gasteiger partial charge on any atom is -0.476 e. The Morgan fingerprint density at radius 1 is 1.73 bits per heavy atom. The van der Waals surface area contributed by atoms with Crippen LogP contribution in [-0.2, 0) is 0 Å². The number of hydrogen-bond donors (Lipinski definition) is 1. The van der Waals surface area contributed by atoms with Gasteiger partial charge in [-0.15, -0.1) is 0 Å². The fraction of sp³-hybridized carbons (Fsp3) is 0.200. The van der Waals surface area contributed by atoms with Gasteiger partial charge in [0.25, 0.3) is 6.43 Å². The molecular weight excluding hydrogens is 176 g/mol. The Hall–Kier alpha value is -1.04. The molecule has 1 heterocycles. The van der Waals surface area contributed by atoms with Crippen LogP contribution < -0.4 is 0 Å². The monoisotopic (exact) mass is 179 g/mol. The molecule has 0 aromatic carbocycles. The second-order valence-electron chi connectivity index (χ2n) is 1.72. The minimum atomic E-state index is -2.76. The van der Waals surface area contributed by atoms with Gasteiger partial charge in [0, 0.05) is 5.38 Å². The Bertz CT molecular complexity index is 273. The van der Waals surface area contributed by atoms with Crippen molar-refractivity contribution in [1.29, 1.82) is 0 Å². The average Bonchev–Trinajstić information content (AvgIpc) is 2.32. The normalized spacial score (nSPS) is 10.5. The quantitative estimate of drug-likeness (QED) is 0.752. The third kappa shape index (κ3) is 1.51. The number of alkyl halides is 2. The molecule has 0 spiro atoms. The van der Waals surface area contributed by atoms with Crippen LogP contribution in [0.3, 0.4) is 0 Å². The summed E-state index contributed by atoms with van der Waals surface area (Å²) in [4.78, 5) is 10.2. The van der Waals surface area contributed by atoms with E-state index in [0.717, 1.165) is 5.38 Å². The van der Waals surface area contributed by atoms with E-state index in [1.165, 1.54) is 0 Å². The molecule has 0 radical (unpaired) electrons. The SMILES string of the molecule is O=C(O)c1nscc1C(F)F. The molecule has 6 heteroatoms. The molecule has 60 valence electrons. The van der Waals surface area contributed by atoms with Crippen LogP contribution in [0.2, 0.25) is 0 Å². The lowest BCUT2D eigenvalue weighted by Gasteiger charge is -1.93. The number of rotatable bonds is 2. The molecular formula is C5H3F2NO2S. The molecule has 1 aromatic heterocycles. The van der Waals surface area contributed by atoms with Crippen LogP contribution in [0.15, 0.2) is 5.38 Å². The molecule has 11 heavy (non-hydrogen) atoms. The lowest BCUT2D eigenvalue weighted by Crippen LogP contribution is -2.00. The summed E-state index contributed by atoms with van der Waals surface area (Å²) in [6.07, 6.45) is -2.76. The van der Waals surface area contributed by atoms with Crippen LogP contribution >= 0.6 is 11.5 Å². The molecule has 0 saturated heterocycles. The van der Waals surface area contributed by atoms with Gasteiger partial charge >= 0.3 is 5.97 Å². The van der Waals surface area contributed by atoms with E-state index in [2.05, 4.69) is 4.37 Å². The second-order valence-corrected chi connectivity index (χ2v) is 2.35. The lowest BCUT2D eigenvalue weighted by atomic mass is 10.3. The van der Waals surface area contributed by atoms with Crippen molar-refractivity contribution in [3.63, 3.8) is 0 Å². The molecule has 0 fully saturated rings. The second kappa shape index (κ2) is 2.91. The Kier molecular flexibility index (Phi) is 2.13. The number of nitrogens with zero attached hydrogens (tertiary/aromatic N) is 1. The van der Waals surface area contributed by atoms with Gasteiger partial charge in [0.05, 0.1) is 5.56 Å². The number of carboxylic acids is 1. The Morgan fingerprint density at radius 2 is 2.36 bits per heavy atom. The smallest absolute Gasteiger partial charge is 0.356 e. The Labute approximate surface area is 64.4 Å². The summed E-state index contributed by atoms with van der Waals surface area (Å²) < 4.78 is 27.1.